The van der Waals surface area contributed by atoms with Gasteiger partial charge in [-0.2, -0.15) is 8.78 Å². The van der Waals surface area contributed by atoms with Crippen LogP contribution in [0.15, 0.2) is 18.2 Å². The van der Waals surface area contributed by atoms with Crippen molar-refractivity contribution in [3.63, 3.8) is 0 Å². The predicted octanol–water partition coefficient (Wildman–Crippen LogP) is 2.38. The van der Waals surface area contributed by atoms with Crippen molar-refractivity contribution in [2.24, 2.45) is 5.73 Å². The first-order valence-corrected chi connectivity index (χ1v) is 8.80. The van der Waals surface area contributed by atoms with Gasteiger partial charge in [0.15, 0.2) is 5.82 Å². The van der Waals surface area contributed by atoms with E-state index in [1.54, 1.807) is 13.0 Å². The SMILES string of the molecule is Cc1cc(OC(F)F)cc(O)c1-c1cc(CN)c(NC2CCCNC2)nn1. The minimum absolute atomic E-state index is 0.112. The standard InChI is InChI=1S/C18H23F2N5O2/c1-10-5-13(27-18(19)20)7-15(26)16(10)14-6-11(8-21)17(25-24-14)23-12-3-2-4-22-9-12/h5-7,12,18,22,26H,2-4,8-9,21H2,1H3,(H,23,25). The van der Waals surface area contributed by atoms with E-state index in [0.29, 0.717) is 22.6 Å². The zero-order valence-corrected chi connectivity index (χ0v) is 15.0. The molecule has 1 unspecified atom stereocenters. The molecule has 5 N–H and O–H groups in total. The third-order valence-electron chi connectivity index (χ3n) is 4.50. The van der Waals surface area contributed by atoms with Gasteiger partial charge < -0.3 is 26.2 Å². The number of halogens is 2. The van der Waals surface area contributed by atoms with Crippen LogP contribution in [0.3, 0.4) is 0 Å². The van der Waals surface area contributed by atoms with Gasteiger partial charge in [0, 0.05) is 36.3 Å². The average molecular weight is 379 g/mol. The lowest BCUT2D eigenvalue weighted by Gasteiger charge is -2.25. The monoisotopic (exact) mass is 379 g/mol. The highest BCUT2D eigenvalue weighted by atomic mass is 19.3. The summed E-state index contributed by atoms with van der Waals surface area (Å²) in [4.78, 5) is 0. The summed E-state index contributed by atoms with van der Waals surface area (Å²) in [5.74, 6) is 0.295. The van der Waals surface area contributed by atoms with Gasteiger partial charge in [-0.1, -0.05) is 0 Å². The van der Waals surface area contributed by atoms with Crippen LogP contribution >= 0.6 is 0 Å². The fourth-order valence-electron chi connectivity index (χ4n) is 3.24. The minimum Gasteiger partial charge on any atom is -0.507 e. The van der Waals surface area contributed by atoms with E-state index < -0.39 is 6.61 Å². The van der Waals surface area contributed by atoms with Crippen LogP contribution in [0.4, 0.5) is 14.6 Å². The number of nitrogens with zero attached hydrogens (tertiary/aromatic N) is 2. The second-order valence-electron chi connectivity index (χ2n) is 6.51. The summed E-state index contributed by atoms with van der Waals surface area (Å²) in [5, 5.41) is 25.4. The number of aromatic hydroxyl groups is 1. The molecule has 2 heterocycles. The molecule has 9 heteroatoms. The van der Waals surface area contributed by atoms with E-state index in [1.165, 1.54) is 6.07 Å². The molecule has 2 aromatic rings. The van der Waals surface area contributed by atoms with Gasteiger partial charge in [0.05, 0.1) is 5.69 Å². The number of alkyl halides is 2. The zero-order valence-electron chi connectivity index (χ0n) is 15.0. The first-order chi connectivity index (χ1) is 13.0. The second kappa shape index (κ2) is 8.45. The van der Waals surface area contributed by atoms with Crippen molar-refractivity contribution in [1.29, 1.82) is 0 Å². The summed E-state index contributed by atoms with van der Waals surface area (Å²) in [6.07, 6.45) is 2.12. The summed E-state index contributed by atoms with van der Waals surface area (Å²) in [6.45, 7) is 0.821. The Morgan fingerprint density at radius 2 is 2.19 bits per heavy atom. The van der Waals surface area contributed by atoms with Crippen molar-refractivity contribution in [3.05, 3.63) is 29.3 Å². The molecule has 1 aromatic heterocycles. The normalized spacial score (nSPS) is 17.1. The number of nitrogens with two attached hydrogens (primary N) is 1. The van der Waals surface area contributed by atoms with Crippen LogP contribution in [0, 0.1) is 6.92 Å². The number of hydrogen-bond donors (Lipinski definition) is 4. The molecule has 1 aliphatic rings. The Kier molecular flexibility index (Phi) is 6.02. The number of aryl methyl sites for hydroxylation is 1. The maximum atomic E-state index is 12.4. The Morgan fingerprint density at radius 3 is 2.81 bits per heavy atom. The van der Waals surface area contributed by atoms with Crippen LogP contribution in [0.1, 0.15) is 24.0 Å². The molecule has 0 aliphatic carbocycles. The van der Waals surface area contributed by atoms with Crippen LogP contribution < -0.4 is 21.1 Å². The van der Waals surface area contributed by atoms with Crippen molar-refractivity contribution in [2.45, 2.75) is 39.0 Å². The minimum atomic E-state index is -2.96. The van der Waals surface area contributed by atoms with Gasteiger partial charge in [-0.25, -0.2) is 0 Å². The average Bonchev–Trinajstić information content (AvgIpc) is 2.62. The van der Waals surface area contributed by atoms with Crippen LogP contribution in [-0.4, -0.2) is 41.0 Å². The first kappa shape index (κ1) is 19.2. The smallest absolute Gasteiger partial charge is 0.387 e. The molecule has 1 aliphatic heterocycles. The van der Waals surface area contributed by atoms with Crippen LogP contribution in [0.2, 0.25) is 0 Å². The predicted molar refractivity (Wildman–Crippen MR) is 97.9 cm³/mol. The van der Waals surface area contributed by atoms with E-state index in [9.17, 15) is 13.9 Å². The molecule has 0 saturated carbocycles. The Bertz CT molecular complexity index is 774. The van der Waals surface area contributed by atoms with E-state index in [1.807, 2.05) is 0 Å². The number of phenolic OH excluding ortho intramolecular Hbond substituents is 1. The third-order valence-corrected chi connectivity index (χ3v) is 4.50. The lowest BCUT2D eigenvalue weighted by atomic mass is 10.0. The Balaban J connectivity index is 1.88. The molecule has 27 heavy (non-hydrogen) atoms. The number of rotatable bonds is 6. The van der Waals surface area contributed by atoms with Gasteiger partial charge in [0.25, 0.3) is 0 Å². The van der Waals surface area contributed by atoms with Gasteiger partial charge in [0.1, 0.15) is 11.5 Å². The molecule has 0 radical (unpaired) electrons. The Labute approximate surface area is 155 Å². The van der Waals surface area contributed by atoms with Gasteiger partial charge in [0.2, 0.25) is 0 Å². The number of benzene rings is 1. The van der Waals surface area contributed by atoms with Crippen LogP contribution in [0.25, 0.3) is 11.3 Å². The van der Waals surface area contributed by atoms with E-state index in [4.69, 9.17) is 5.73 Å². The van der Waals surface area contributed by atoms with E-state index in [-0.39, 0.29) is 24.1 Å². The number of anilines is 1. The van der Waals surface area contributed by atoms with Crippen molar-refractivity contribution in [3.8, 4) is 22.8 Å². The highest BCUT2D eigenvalue weighted by Crippen LogP contribution is 2.36. The van der Waals surface area contributed by atoms with Crippen LogP contribution in [-0.2, 0) is 6.54 Å². The largest absolute Gasteiger partial charge is 0.507 e. The summed E-state index contributed by atoms with van der Waals surface area (Å²) < 4.78 is 29.1. The van der Waals surface area contributed by atoms with Crippen molar-refractivity contribution >= 4 is 5.82 Å². The lowest BCUT2D eigenvalue weighted by Crippen LogP contribution is -2.39. The maximum absolute atomic E-state index is 12.4. The highest BCUT2D eigenvalue weighted by molar-refractivity contribution is 5.73. The maximum Gasteiger partial charge on any atom is 0.387 e. The number of piperidine rings is 1. The van der Waals surface area contributed by atoms with Crippen molar-refractivity contribution < 1.29 is 18.6 Å². The van der Waals surface area contributed by atoms with E-state index >= 15 is 0 Å². The third kappa shape index (κ3) is 4.61. The van der Waals surface area contributed by atoms with E-state index in [0.717, 1.165) is 37.6 Å². The lowest BCUT2D eigenvalue weighted by molar-refractivity contribution is -0.0499. The molecule has 7 nitrogen and oxygen atoms in total. The molecule has 1 atom stereocenters. The number of phenols is 1. The molecule has 0 amide bonds. The Morgan fingerprint density at radius 1 is 1.37 bits per heavy atom. The zero-order chi connectivity index (χ0) is 19.4. The fraction of sp³-hybridized carbons (Fsp3) is 0.444. The number of nitrogens with one attached hydrogen (secondary N) is 2. The Hall–Kier alpha value is -2.52. The van der Waals surface area contributed by atoms with Gasteiger partial charge in [-0.15, -0.1) is 10.2 Å². The summed E-state index contributed by atoms with van der Waals surface area (Å²) in [7, 11) is 0. The van der Waals surface area contributed by atoms with Crippen molar-refractivity contribution in [1.82, 2.24) is 15.5 Å². The summed E-state index contributed by atoms with van der Waals surface area (Å²) in [6, 6.07) is 4.56. The first-order valence-electron chi connectivity index (χ1n) is 8.80. The summed E-state index contributed by atoms with van der Waals surface area (Å²) >= 11 is 0. The highest BCUT2D eigenvalue weighted by Gasteiger charge is 2.18. The molecular formula is C18H23F2N5O2. The molecular weight excluding hydrogens is 356 g/mol. The summed E-state index contributed by atoms with van der Waals surface area (Å²) in [5.41, 5.74) is 8.00. The number of ether oxygens (including phenoxy) is 1. The molecule has 1 saturated heterocycles. The van der Waals surface area contributed by atoms with Crippen molar-refractivity contribution in [2.75, 3.05) is 18.4 Å². The van der Waals surface area contributed by atoms with Gasteiger partial charge in [-0.3, -0.25) is 0 Å². The number of aromatic nitrogens is 2. The second-order valence-corrected chi connectivity index (χ2v) is 6.51. The fourth-order valence-corrected chi connectivity index (χ4v) is 3.24. The number of hydrogen-bond acceptors (Lipinski definition) is 7. The van der Waals surface area contributed by atoms with Crippen LogP contribution in [0.5, 0.6) is 11.5 Å². The molecule has 0 spiro atoms. The molecule has 1 aromatic carbocycles. The van der Waals surface area contributed by atoms with E-state index in [2.05, 4.69) is 25.6 Å². The van der Waals surface area contributed by atoms with Gasteiger partial charge in [-0.05, 0) is 44.0 Å². The molecule has 0 bridgehead atoms. The topological polar surface area (TPSA) is 105 Å². The molecule has 3 rings (SSSR count). The molecule has 146 valence electrons. The molecule has 1 fully saturated rings. The quantitative estimate of drug-likeness (QED) is 0.611. The van der Waals surface area contributed by atoms with Gasteiger partial charge >= 0.3 is 6.61 Å².